The molecule has 1 saturated heterocycles. The van der Waals surface area contributed by atoms with Crippen LogP contribution in [0.3, 0.4) is 0 Å². The molecule has 1 unspecified atom stereocenters. The first-order valence-corrected chi connectivity index (χ1v) is 9.40. The Morgan fingerprint density at radius 2 is 2.13 bits per heavy atom. The molecule has 1 aromatic rings. The van der Waals surface area contributed by atoms with Gasteiger partial charge in [-0.3, -0.25) is 4.79 Å². The Kier molecular flexibility index (Phi) is 5.89. The van der Waals surface area contributed by atoms with Gasteiger partial charge in [0.05, 0.1) is 23.9 Å². The minimum Gasteiger partial charge on any atom is -0.369 e. The summed E-state index contributed by atoms with van der Waals surface area (Å²) >= 11 is 0. The zero-order chi connectivity index (χ0) is 16.9. The SMILES string of the molecule is CN(C)CCCNc1cnc(C(=O)NC2CCS(=O)(=O)C2)cn1. The number of hydrogen-bond donors (Lipinski definition) is 2. The molecule has 2 rings (SSSR count). The zero-order valence-electron chi connectivity index (χ0n) is 13.4. The van der Waals surface area contributed by atoms with Crippen molar-refractivity contribution < 1.29 is 13.2 Å². The number of sulfone groups is 1. The first-order valence-electron chi connectivity index (χ1n) is 7.58. The lowest BCUT2D eigenvalue weighted by molar-refractivity contribution is 0.0935. The van der Waals surface area contributed by atoms with Gasteiger partial charge in [0.2, 0.25) is 0 Å². The van der Waals surface area contributed by atoms with E-state index in [4.69, 9.17) is 0 Å². The smallest absolute Gasteiger partial charge is 0.271 e. The zero-order valence-corrected chi connectivity index (χ0v) is 14.3. The lowest BCUT2D eigenvalue weighted by Crippen LogP contribution is -2.36. The Morgan fingerprint density at radius 1 is 1.35 bits per heavy atom. The summed E-state index contributed by atoms with van der Waals surface area (Å²) in [7, 11) is 1.02. The number of rotatable bonds is 7. The normalized spacial score (nSPS) is 19.7. The molecule has 1 aromatic heterocycles. The highest BCUT2D eigenvalue weighted by atomic mass is 32.2. The van der Waals surface area contributed by atoms with Crippen LogP contribution in [0.4, 0.5) is 5.82 Å². The number of amides is 1. The van der Waals surface area contributed by atoms with Gasteiger partial charge in [0.25, 0.3) is 5.91 Å². The van der Waals surface area contributed by atoms with Crippen LogP contribution in [0.1, 0.15) is 23.3 Å². The highest BCUT2D eigenvalue weighted by molar-refractivity contribution is 7.91. The molecular formula is C14H23N5O3S. The van der Waals surface area contributed by atoms with Gasteiger partial charge in [0.15, 0.2) is 9.84 Å². The van der Waals surface area contributed by atoms with Gasteiger partial charge < -0.3 is 15.5 Å². The van der Waals surface area contributed by atoms with Crippen molar-refractivity contribution in [3.05, 3.63) is 18.1 Å². The van der Waals surface area contributed by atoms with Crippen molar-refractivity contribution in [2.45, 2.75) is 18.9 Å². The minimum atomic E-state index is -3.01. The molecule has 1 aliphatic rings. The van der Waals surface area contributed by atoms with Crippen molar-refractivity contribution in [2.75, 3.05) is 44.0 Å². The quantitative estimate of drug-likeness (QED) is 0.659. The van der Waals surface area contributed by atoms with Crippen LogP contribution >= 0.6 is 0 Å². The maximum absolute atomic E-state index is 12.0. The second kappa shape index (κ2) is 7.69. The molecule has 128 valence electrons. The molecule has 2 N–H and O–H groups in total. The molecule has 1 fully saturated rings. The predicted molar refractivity (Wildman–Crippen MR) is 88.2 cm³/mol. The molecule has 2 heterocycles. The lowest BCUT2D eigenvalue weighted by atomic mass is 10.2. The lowest BCUT2D eigenvalue weighted by Gasteiger charge is -2.11. The van der Waals surface area contributed by atoms with Crippen LogP contribution in [0.25, 0.3) is 0 Å². The number of nitrogens with one attached hydrogen (secondary N) is 2. The van der Waals surface area contributed by atoms with E-state index in [9.17, 15) is 13.2 Å². The number of anilines is 1. The van der Waals surface area contributed by atoms with Crippen LogP contribution in [-0.2, 0) is 9.84 Å². The summed E-state index contributed by atoms with van der Waals surface area (Å²) in [4.78, 5) is 22.4. The summed E-state index contributed by atoms with van der Waals surface area (Å²) in [6, 6.07) is -0.335. The summed E-state index contributed by atoms with van der Waals surface area (Å²) in [6.07, 6.45) is 4.34. The second-order valence-electron chi connectivity index (χ2n) is 5.94. The fourth-order valence-corrected chi connectivity index (χ4v) is 3.99. The predicted octanol–water partition coefficient (Wildman–Crippen LogP) is -0.243. The van der Waals surface area contributed by atoms with E-state index in [-0.39, 0.29) is 23.2 Å². The molecule has 1 aliphatic heterocycles. The molecule has 8 nitrogen and oxygen atoms in total. The highest BCUT2D eigenvalue weighted by Crippen LogP contribution is 2.12. The molecule has 1 atom stereocenters. The maximum atomic E-state index is 12.0. The second-order valence-corrected chi connectivity index (χ2v) is 8.17. The van der Waals surface area contributed by atoms with Gasteiger partial charge >= 0.3 is 0 Å². The number of aromatic nitrogens is 2. The van der Waals surface area contributed by atoms with Gasteiger partial charge in [0.1, 0.15) is 11.5 Å². The standard InChI is InChI=1S/C14H23N5O3S/c1-19(2)6-3-5-15-13-9-16-12(8-17-13)14(20)18-11-4-7-23(21,22)10-11/h8-9,11H,3-7,10H2,1-2H3,(H,15,17)(H,18,20). The van der Waals surface area contributed by atoms with Gasteiger partial charge in [-0.2, -0.15) is 0 Å². The van der Waals surface area contributed by atoms with Crippen molar-refractivity contribution in [1.29, 1.82) is 0 Å². The van der Waals surface area contributed by atoms with Crippen LogP contribution < -0.4 is 10.6 Å². The number of carbonyl (C=O) groups excluding carboxylic acids is 1. The van der Waals surface area contributed by atoms with E-state index in [1.807, 2.05) is 14.1 Å². The maximum Gasteiger partial charge on any atom is 0.271 e. The molecule has 0 saturated carbocycles. The Labute approximate surface area is 136 Å². The van der Waals surface area contributed by atoms with E-state index in [0.29, 0.717) is 12.2 Å². The number of hydrogen-bond acceptors (Lipinski definition) is 7. The summed E-state index contributed by atoms with van der Waals surface area (Å²) in [5.41, 5.74) is 0.188. The number of carbonyl (C=O) groups is 1. The van der Waals surface area contributed by atoms with Crippen molar-refractivity contribution in [3.63, 3.8) is 0 Å². The van der Waals surface area contributed by atoms with Crippen molar-refractivity contribution >= 4 is 21.6 Å². The van der Waals surface area contributed by atoms with E-state index in [1.54, 1.807) is 0 Å². The van der Waals surface area contributed by atoms with Crippen LogP contribution in [-0.4, -0.2) is 73.9 Å². The molecule has 0 radical (unpaired) electrons. The molecule has 0 aromatic carbocycles. The molecule has 0 bridgehead atoms. The van der Waals surface area contributed by atoms with Crippen molar-refractivity contribution in [3.8, 4) is 0 Å². The van der Waals surface area contributed by atoms with Crippen LogP contribution in [0.15, 0.2) is 12.4 Å². The Morgan fingerprint density at radius 3 is 2.70 bits per heavy atom. The van der Waals surface area contributed by atoms with Crippen LogP contribution in [0.5, 0.6) is 0 Å². The summed E-state index contributed by atoms with van der Waals surface area (Å²) < 4.78 is 22.8. The monoisotopic (exact) mass is 341 g/mol. The van der Waals surface area contributed by atoms with Gasteiger partial charge in [-0.1, -0.05) is 0 Å². The molecule has 23 heavy (non-hydrogen) atoms. The summed E-state index contributed by atoms with van der Waals surface area (Å²) in [5, 5.41) is 5.83. The van der Waals surface area contributed by atoms with Crippen molar-refractivity contribution in [2.24, 2.45) is 0 Å². The number of nitrogens with zero attached hydrogens (tertiary/aromatic N) is 3. The fourth-order valence-electron chi connectivity index (χ4n) is 2.32. The first kappa shape index (κ1) is 17.6. The summed E-state index contributed by atoms with van der Waals surface area (Å²) in [5.74, 6) is 0.347. The van der Waals surface area contributed by atoms with Gasteiger partial charge in [-0.15, -0.1) is 0 Å². The van der Waals surface area contributed by atoms with E-state index >= 15 is 0 Å². The fraction of sp³-hybridized carbons (Fsp3) is 0.643. The van der Waals surface area contributed by atoms with Gasteiger partial charge in [-0.05, 0) is 33.5 Å². The van der Waals surface area contributed by atoms with E-state index in [1.165, 1.54) is 12.4 Å². The molecule has 0 spiro atoms. The average molecular weight is 341 g/mol. The van der Waals surface area contributed by atoms with E-state index < -0.39 is 15.7 Å². The topological polar surface area (TPSA) is 104 Å². The third-order valence-electron chi connectivity index (χ3n) is 3.54. The van der Waals surface area contributed by atoms with Crippen LogP contribution in [0, 0.1) is 0 Å². The molecule has 9 heteroatoms. The van der Waals surface area contributed by atoms with E-state index in [2.05, 4.69) is 25.5 Å². The molecule has 1 amide bonds. The third kappa shape index (κ3) is 5.76. The molecular weight excluding hydrogens is 318 g/mol. The Bertz CT molecular complexity index is 630. The Hall–Kier alpha value is -1.74. The summed E-state index contributed by atoms with van der Waals surface area (Å²) in [6.45, 7) is 1.75. The first-order chi connectivity index (χ1) is 10.9. The van der Waals surface area contributed by atoms with Crippen molar-refractivity contribution in [1.82, 2.24) is 20.2 Å². The molecule has 0 aliphatic carbocycles. The van der Waals surface area contributed by atoms with Crippen LogP contribution in [0.2, 0.25) is 0 Å². The third-order valence-corrected chi connectivity index (χ3v) is 5.31. The largest absolute Gasteiger partial charge is 0.369 e. The van der Waals surface area contributed by atoms with E-state index in [0.717, 1.165) is 19.5 Å². The average Bonchev–Trinajstić information content (AvgIpc) is 2.83. The highest BCUT2D eigenvalue weighted by Gasteiger charge is 2.29. The van der Waals surface area contributed by atoms with Gasteiger partial charge in [-0.25, -0.2) is 18.4 Å². The minimum absolute atomic E-state index is 0.00230. The van der Waals surface area contributed by atoms with Gasteiger partial charge in [0, 0.05) is 12.6 Å². The Balaban J connectivity index is 1.81.